The van der Waals surface area contributed by atoms with Crippen LogP contribution < -0.4 is 15.4 Å². The number of nitrogens with zero attached hydrogens (tertiary/aromatic N) is 3. The van der Waals surface area contributed by atoms with Crippen molar-refractivity contribution in [2.24, 2.45) is 0 Å². The van der Waals surface area contributed by atoms with Crippen molar-refractivity contribution in [2.45, 2.75) is 6.92 Å². The number of amides is 1. The molecule has 0 aliphatic rings. The second kappa shape index (κ2) is 10.0. The van der Waals surface area contributed by atoms with Crippen LogP contribution in [0.3, 0.4) is 0 Å². The number of anilines is 3. The molecule has 9 nitrogen and oxygen atoms in total. The number of fused-ring (bicyclic) bond motifs is 1. The molecule has 0 saturated carbocycles. The van der Waals surface area contributed by atoms with Crippen LogP contribution in [0.4, 0.5) is 21.6 Å². The van der Waals surface area contributed by atoms with Crippen LogP contribution >= 0.6 is 0 Å². The topological polar surface area (TPSA) is 118 Å². The number of methoxy groups -OCH3 is 1. The highest BCUT2D eigenvalue weighted by atomic mass is 19.1. The Bertz CT molecular complexity index is 1680. The summed E-state index contributed by atoms with van der Waals surface area (Å²) in [5.74, 6) is -1.17. The van der Waals surface area contributed by atoms with Crippen molar-refractivity contribution in [3.63, 3.8) is 0 Å². The maximum absolute atomic E-state index is 14.3. The number of carboxylic acids is 1. The molecule has 0 atom stereocenters. The minimum absolute atomic E-state index is 0.138. The summed E-state index contributed by atoms with van der Waals surface area (Å²) < 4.78 is 21.1. The summed E-state index contributed by atoms with van der Waals surface area (Å²) in [5, 5.41) is 15.0. The molecule has 5 aromatic rings. The zero-order valence-electron chi connectivity index (χ0n) is 20.4. The van der Waals surface area contributed by atoms with E-state index >= 15 is 0 Å². The molecule has 0 radical (unpaired) electrons. The average molecular weight is 512 g/mol. The van der Waals surface area contributed by atoms with Gasteiger partial charge in [-0.2, -0.15) is 0 Å². The standard InChI is InChI=1S/C28H22FN5O4/c1-16-13-20(8-9-21(16)27(35)33-19-6-3-17(4-7-19)28(36)37)32-25-26-31-15-23(34(26)12-11-30-25)18-5-10-24(38-2)22(29)14-18/h3-15H,1-2H3,(H,30,32)(H,33,35)(H,36,37). The van der Waals surface area contributed by atoms with Crippen LogP contribution in [0.1, 0.15) is 26.3 Å². The molecule has 10 heteroatoms. The van der Waals surface area contributed by atoms with Gasteiger partial charge in [0.2, 0.25) is 0 Å². The second-order valence-corrected chi connectivity index (χ2v) is 8.45. The first-order chi connectivity index (χ1) is 18.3. The molecular weight excluding hydrogens is 489 g/mol. The molecule has 0 fully saturated rings. The lowest BCUT2D eigenvalue weighted by atomic mass is 10.1. The lowest BCUT2D eigenvalue weighted by molar-refractivity contribution is 0.0696. The summed E-state index contributed by atoms with van der Waals surface area (Å²) in [7, 11) is 1.41. The van der Waals surface area contributed by atoms with Crippen LogP contribution in [0, 0.1) is 12.7 Å². The SMILES string of the molecule is COc1ccc(-c2cnc3c(Nc4ccc(C(=O)Nc5ccc(C(=O)O)cc5)c(C)c4)nccn23)cc1F. The number of aromatic carboxylic acids is 1. The monoisotopic (exact) mass is 511 g/mol. The molecule has 38 heavy (non-hydrogen) atoms. The number of ether oxygens (including phenoxy) is 1. The minimum Gasteiger partial charge on any atom is -0.494 e. The Morgan fingerprint density at radius 1 is 1.00 bits per heavy atom. The molecule has 2 aromatic heterocycles. The van der Waals surface area contributed by atoms with Gasteiger partial charge < -0.3 is 20.5 Å². The largest absolute Gasteiger partial charge is 0.494 e. The maximum atomic E-state index is 14.3. The van der Waals surface area contributed by atoms with Crippen LogP contribution in [-0.4, -0.2) is 38.5 Å². The summed E-state index contributed by atoms with van der Waals surface area (Å²) in [6, 6.07) is 15.9. The number of carboxylic acid groups (broad SMARTS) is 1. The molecule has 5 rings (SSSR count). The number of benzene rings is 3. The van der Waals surface area contributed by atoms with Gasteiger partial charge in [0.15, 0.2) is 23.0 Å². The third kappa shape index (κ3) is 4.74. The Morgan fingerprint density at radius 2 is 1.76 bits per heavy atom. The number of hydrogen-bond acceptors (Lipinski definition) is 6. The van der Waals surface area contributed by atoms with Gasteiger partial charge in [0, 0.05) is 34.9 Å². The van der Waals surface area contributed by atoms with Crippen LogP contribution in [0.15, 0.2) is 79.3 Å². The molecule has 190 valence electrons. The van der Waals surface area contributed by atoms with E-state index < -0.39 is 11.8 Å². The van der Waals surface area contributed by atoms with E-state index in [2.05, 4.69) is 20.6 Å². The van der Waals surface area contributed by atoms with Crippen LogP contribution in [0.5, 0.6) is 5.75 Å². The molecule has 0 unspecified atom stereocenters. The van der Waals surface area contributed by atoms with Gasteiger partial charge >= 0.3 is 5.97 Å². The zero-order chi connectivity index (χ0) is 26.8. The van der Waals surface area contributed by atoms with E-state index in [9.17, 15) is 14.0 Å². The number of carbonyl (C=O) groups excluding carboxylic acids is 1. The lowest BCUT2D eigenvalue weighted by Crippen LogP contribution is -2.13. The number of imidazole rings is 1. The number of aryl methyl sites for hydroxylation is 1. The van der Waals surface area contributed by atoms with E-state index in [1.165, 1.54) is 37.4 Å². The van der Waals surface area contributed by atoms with Crippen LogP contribution in [-0.2, 0) is 0 Å². The Hall–Kier alpha value is -5.25. The van der Waals surface area contributed by atoms with E-state index in [0.717, 1.165) is 5.56 Å². The van der Waals surface area contributed by atoms with Gasteiger partial charge in [-0.15, -0.1) is 0 Å². The van der Waals surface area contributed by atoms with Crippen molar-refractivity contribution in [3.05, 3.63) is 102 Å². The van der Waals surface area contributed by atoms with Gasteiger partial charge in [-0.1, -0.05) is 0 Å². The highest BCUT2D eigenvalue weighted by Gasteiger charge is 2.15. The fraction of sp³-hybridized carbons (Fsp3) is 0.0714. The predicted octanol–water partition coefficient (Wildman–Crippen LogP) is 5.55. The van der Waals surface area contributed by atoms with Crippen molar-refractivity contribution >= 4 is 34.7 Å². The Balaban J connectivity index is 1.36. The van der Waals surface area contributed by atoms with Crippen molar-refractivity contribution in [2.75, 3.05) is 17.7 Å². The van der Waals surface area contributed by atoms with Crippen molar-refractivity contribution < 1.29 is 23.8 Å². The normalized spacial score (nSPS) is 10.8. The molecule has 0 spiro atoms. The highest BCUT2D eigenvalue weighted by Crippen LogP contribution is 2.29. The Labute approximate surface area is 216 Å². The zero-order valence-corrected chi connectivity index (χ0v) is 20.4. The number of carbonyl (C=O) groups is 2. The number of halogens is 1. The van der Waals surface area contributed by atoms with Gasteiger partial charge in [0.05, 0.1) is 24.6 Å². The number of nitrogens with one attached hydrogen (secondary N) is 2. The first kappa shape index (κ1) is 24.4. The summed E-state index contributed by atoms with van der Waals surface area (Å²) in [4.78, 5) is 32.7. The Kier molecular flexibility index (Phi) is 6.44. The van der Waals surface area contributed by atoms with Crippen LogP contribution in [0.25, 0.3) is 16.9 Å². The van der Waals surface area contributed by atoms with Gasteiger partial charge in [0.1, 0.15) is 0 Å². The smallest absolute Gasteiger partial charge is 0.335 e. The van der Waals surface area contributed by atoms with Crippen molar-refractivity contribution in [1.29, 1.82) is 0 Å². The van der Waals surface area contributed by atoms with E-state index in [1.54, 1.807) is 47.3 Å². The fourth-order valence-electron chi connectivity index (χ4n) is 4.07. The molecule has 0 saturated heterocycles. The molecule has 0 aliphatic heterocycles. The highest BCUT2D eigenvalue weighted by molar-refractivity contribution is 6.05. The second-order valence-electron chi connectivity index (χ2n) is 8.45. The molecule has 0 bridgehead atoms. The molecule has 0 aliphatic carbocycles. The Morgan fingerprint density at radius 3 is 2.45 bits per heavy atom. The van der Waals surface area contributed by atoms with Gasteiger partial charge in [0.25, 0.3) is 5.91 Å². The fourth-order valence-corrected chi connectivity index (χ4v) is 4.07. The maximum Gasteiger partial charge on any atom is 0.335 e. The van der Waals surface area contributed by atoms with E-state index in [4.69, 9.17) is 9.84 Å². The molecule has 1 amide bonds. The molecule has 3 N–H and O–H groups in total. The number of rotatable bonds is 7. The van der Waals surface area contributed by atoms with Crippen molar-refractivity contribution in [3.8, 4) is 17.0 Å². The predicted molar refractivity (Wildman–Crippen MR) is 141 cm³/mol. The average Bonchev–Trinajstić information content (AvgIpc) is 3.34. The summed E-state index contributed by atoms with van der Waals surface area (Å²) in [6.07, 6.45) is 5.00. The lowest BCUT2D eigenvalue weighted by Gasteiger charge is -2.12. The van der Waals surface area contributed by atoms with E-state index in [-0.39, 0.29) is 17.2 Å². The molecular formula is C28H22FN5O4. The van der Waals surface area contributed by atoms with E-state index in [0.29, 0.717) is 39.7 Å². The minimum atomic E-state index is -1.03. The summed E-state index contributed by atoms with van der Waals surface area (Å²) in [5.41, 5.74) is 4.38. The van der Waals surface area contributed by atoms with Gasteiger partial charge in [-0.05, 0) is 73.2 Å². The first-order valence-corrected chi connectivity index (χ1v) is 11.5. The first-order valence-electron chi connectivity index (χ1n) is 11.5. The quantitative estimate of drug-likeness (QED) is 0.262. The number of hydrogen-bond donors (Lipinski definition) is 3. The summed E-state index contributed by atoms with van der Waals surface area (Å²) >= 11 is 0. The number of aromatic nitrogens is 3. The third-order valence-electron chi connectivity index (χ3n) is 6.00. The van der Waals surface area contributed by atoms with Gasteiger partial charge in [-0.3, -0.25) is 9.20 Å². The van der Waals surface area contributed by atoms with Crippen LogP contribution in [0.2, 0.25) is 0 Å². The molecule has 2 heterocycles. The molecule has 3 aromatic carbocycles. The van der Waals surface area contributed by atoms with E-state index in [1.807, 2.05) is 13.0 Å². The third-order valence-corrected chi connectivity index (χ3v) is 6.00. The summed E-state index contributed by atoms with van der Waals surface area (Å²) in [6.45, 7) is 1.81. The van der Waals surface area contributed by atoms with Crippen molar-refractivity contribution in [1.82, 2.24) is 14.4 Å². The van der Waals surface area contributed by atoms with Gasteiger partial charge in [-0.25, -0.2) is 19.2 Å².